The summed E-state index contributed by atoms with van der Waals surface area (Å²) in [6.45, 7) is 6.13. The highest BCUT2D eigenvalue weighted by atomic mass is 79.9. The number of nitrogens with one attached hydrogen (secondary N) is 1. The molecule has 1 aromatic rings. The van der Waals surface area contributed by atoms with Gasteiger partial charge < -0.3 is 10.1 Å². The van der Waals surface area contributed by atoms with E-state index in [2.05, 4.69) is 26.1 Å². The topological polar surface area (TPSA) is 24.5 Å². The monoisotopic (exact) mass is 332 g/mol. The highest BCUT2D eigenvalue weighted by Crippen LogP contribution is 2.27. The Kier molecular flexibility index (Phi) is 5.76. The van der Waals surface area contributed by atoms with E-state index < -0.39 is 0 Å². The maximum absolute atomic E-state index is 5.89. The van der Waals surface area contributed by atoms with Gasteiger partial charge >= 0.3 is 0 Å². The second-order valence-corrected chi connectivity index (χ2v) is 5.66. The van der Waals surface area contributed by atoms with Crippen LogP contribution in [-0.4, -0.2) is 44.2 Å². The number of hydrogen-bond donors (Lipinski definition) is 1. The minimum Gasteiger partial charge on any atom is -0.491 e. The first-order chi connectivity index (χ1) is 8.75. The van der Waals surface area contributed by atoms with E-state index in [0.717, 1.165) is 42.9 Å². The Labute approximate surface area is 122 Å². The molecule has 0 aromatic heterocycles. The number of nitrogens with zero attached hydrogens (tertiary/aromatic N) is 1. The highest BCUT2D eigenvalue weighted by Gasteiger charge is 2.08. The van der Waals surface area contributed by atoms with Crippen LogP contribution in [0.2, 0.25) is 5.02 Å². The van der Waals surface area contributed by atoms with Gasteiger partial charge in [0.05, 0.1) is 4.47 Å². The molecule has 3 nitrogen and oxygen atoms in total. The molecule has 2 rings (SSSR count). The van der Waals surface area contributed by atoms with Gasteiger partial charge in [0.15, 0.2) is 0 Å². The summed E-state index contributed by atoms with van der Waals surface area (Å²) >= 11 is 9.34. The van der Waals surface area contributed by atoms with Crippen molar-refractivity contribution in [1.29, 1.82) is 0 Å². The molecule has 18 heavy (non-hydrogen) atoms. The molecule has 0 atom stereocenters. The molecule has 1 saturated heterocycles. The van der Waals surface area contributed by atoms with Crippen LogP contribution in [0.1, 0.15) is 6.42 Å². The van der Waals surface area contributed by atoms with Crippen LogP contribution < -0.4 is 10.1 Å². The zero-order valence-corrected chi connectivity index (χ0v) is 12.6. The van der Waals surface area contributed by atoms with Crippen molar-refractivity contribution in [1.82, 2.24) is 10.2 Å². The van der Waals surface area contributed by atoms with E-state index in [0.29, 0.717) is 11.6 Å². The zero-order valence-electron chi connectivity index (χ0n) is 10.3. The fraction of sp³-hybridized carbons (Fsp3) is 0.538. The molecule has 0 amide bonds. The quantitative estimate of drug-likeness (QED) is 0.917. The first kappa shape index (κ1) is 14.1. The Balaban J connectivity index is 1.77. The van der Waals surface area contributed by atoms with E-state index in [4.69, 9.17) is 16.3 Å². The van der Waals surface area contributed by atoms with Crippen molar-refractivity contribution in [3.63, 3.8) is 0 Å². The largest absolute Gasteiger partial charge is 0.491 e. The zero-order chi connectivity index (χ0) is 12.8. The number of ether oxygens (including phenoxy) is 1. The normalized spacial score (nSPS) is 17.4. The lowest BCUT2D eigenvalue weighted by molar-refractivity contribution is 0.217. The Hall–Kier alpha value is -0.290. The smallest absolute Gasteiger partial charge is 0.133 e. The molecule has 1 heterocycles. The van der Waals surface area contributed by atoms with Crippen molar-refractivity contribution in [2.24, 2.45) is 0 Å². The summed E-state index contributed by atoms with van der Waals surface area (Å²) in [5.41, 5.74) is 0. The van der Waals surface area contributed by atoms with Gasteiger partial charge in [-0.15, -0.1) is 0 Å². The van der Waals surface area contributed by atoms with Crippen LogP contribution >= 0.6 is 27.5 Å². The first-order valence-electron chi connectivity index (χ1n) is 6.26. The van der Waals surface area contributed by atoms with Crippen molar-refractivity contribution in [3.05, 3.63) is 27.7 Å². The molecule has 1 aliphatic rings. The van der Waals surface area contributed by atoms with Crippen LogP contribution in [0.4, 0.5) is 0 Å². The maximum Gasteiger partial charge on any atom is 0.133 e. The fourth-order valence-electron chi connectivity index (χ4n) is 2.00. The van der Waals surface area contributed by atoms with Crippen LogP contribution in [0, 0.1) is 0 Å². The van der Waals surface area contributed by atoms with Gasteiger partial charge in [0, 0.05) is 24.7 Å². The molecular weight excluding hydrogens is 316 g/mol. The lowest BCUT2D eigenvalue weighted by atomic mass is 10.3. The number of halogens is 2. The standard InChI is InChI=1S/C13H18BrClN2O/c14-12-10-11(15)2-3-13(12)18-9-8-17-6-1-4-16-5-7-17/h2-3,10,16H,1,4-9H2. The molecule has 1 aliphatic heterocycles. The molecule has 0 unspecified atom stereocenters. The average Bonchev–Trinajstić information content (AvgIpc) is 2.60. The minimum atomic E-state index is 0.709. The van der Waals surface area contributed by atoms with Gasteiger partial charge in [0.2, 0.25) is 0 Å². The molecule has 1 N–H and O–H groups in total. The molecular formula is C13H18BrClN2O. The Morgan fingerprint density at radius 1 is 1.33 bits per heavy atom. The maximum atomic E-state index is 5.89. The Morgan fingerprint density at radius 2 is 2.22 bits per heavy atom. The third-order valence-corrected chi connectivity index (χ3v) is 3.85. The van der Waals surface area contributed by atoms with Crippen molar-refractivity contribution < 1.29 is 4.74 Å². The summed E-state index contributed by atoms with van der Waals surface area (Å²) in [6.07, 6.45) is 1.21. The fourth-order valence-corrected chi connectivity index (χ4v) is 2.80. The van der Waals surface area contributed by atoms with Gasteiger partial charge in [-0.05, 0) is 53.6 Å². The van der Waals surface area contributed by atoms with E-state index in [9.17, 15) is 0 Å². The first-order valence-corrected chi connectivity index (χ1v) is 7.44. The molecule has 0 saturated carbocycles. The molecule has 0 radical (unpaired) electrons. The third-order valence-electron chi connectivity index (χ3n) is 2.99. The Morgan fingerprint density at radius 3 is 3.06 bits per heavy atom. The van der Waals surface area contributed by atoms with Crippen LogP contribution in [0.5, 0.6) is 5.75 Å². The Bertz CT molecular complexity index is 381. The molecule has 1 fully saturated rings. The van der Waals surface area contributed by atoms with Gasteiger partial charge in [-0.3, -0.25) is 4.90 Å². The second kappa shape index (κ2) is 7.34. The van der Waals surface area contributed by atoms with E-state index >= 15 is 0 Å². The van der Waals surface area contributed by atoms with Gasteiger partial charge in [-0.25, -0.2) is 0 Å². The molecule has 0 spiro atoms. The molecule has 1 aromatic carbocycles. The molecule has 0 bridgehead atoms. The van der Waals surface area contributed by atoms with E-state index in [1.165, 1.54) is 6.42 Å². The van der Waals surface area contributed by atoms with Crippen LogP contribution in [0.25, 0.3) is 0 Å². The molecule has 100 valence electrons. The number of rotatable bonds is 4. The lowest BCUT2D eigenvalue weighted by Gasteiger charge is -2.19. The second-order valence-electron chi connectivity index (χ2n) is 4.37. The summed E-state index contributed by atoms with van der Waals surface area (Å²) in [5.74, 6) is 0.854. The summed E-state index contributed by atoms with van der Waals surface area (Å²) in [6, 6.07) is 5.60. The molecule has 5 heteroatoms. The predicted octanol–water partition coefficient (Wildman–Crippen LogP) is 2.78. The van der Waals surface area contributed by atoms with Crippen molar-refractivity contribution in [2.75, 3.05) is 39.3 Å². The third kappa shape index (κ3) is 4.43. The minimum absolute atomic E-state index is 0.709. The van der Waals surface area contributed by atoms with Crippen LogP contribution in [0.3, 0.4) is 0 Å². The van der Waals surface area contributed by atoms with Crippen molar-refractivity contribution in [2.45, 2.75) is 6.42 Å². The van der Waals surface area contributed by atoms with Gasteiger partial charge in [0.1, 0.15) is 12.4 Å². The van der Waals surface area contributed by atoms with Gasteiger partial charge in [-0.1, -0.05) is 11.6 Å². The number of benzene rings is 1. The van der Waals surface area contributed by atoms with Crippen LogP contribution in [-0.2, 0) is 0 Å². The molecule has 0 aliphatic carbocycles. The highest BCUT2D eigenvalue weighted by molar-refractivity contribution is 9.10. The van der Waals surface area contributed by atoms with Crippen LogP contribution in [0.15, 0.2) is 22.7 Å². The SMILES string of the molecule is Clc1ccc(OCCN2CCCNCC2)c(Br)c1. The summed E-state index contributed by atoms with van der Waals surface area (Å²) < 4.78 is 6.68. The van der Waals surface area contributed by atoms with E-state index in [1.54, 1.807) is 0 Å². The summed E-state index contributed by atoms with van der Waals surface area (Å²) in [4.78, 5) is 2.43. The average molecular weight is 334 g/mol. The van der Waals surface area contributed by atoms with Gasteiger partial charge in [-0.2, -0.15) is 0 Å². The van der Waals surface area contributed by atoms with E-state index in [1.807, 2.05) is 18.2 Å². The predicted molar refractivity (Wildman–Crippen MR) is 78.6 cm³/mol. The number of hydrogen-bond acceptors (Lipinski definition) is 3. The summed E-state index contributed by atoms with van der Waals surface area (Å²) in [7, 11) is 0. The summed E-state index contributed by atoms with van der Waals surface area (Å²) in [5, 5.41) is 4.11. The van der Waals surface area contributed by atoms with Gasteiger partial charge in [0.25, 0.3) is 0 Å². The van der Waals surface area contributed by atoms with E-state index in [-0.39, 0.29) is 0 Å². The van der Waals surface area contributed by atoms with Crippen molar-refractivity contribution >= 4 is 27.5 Å². The van der Waals surface area contributed by atoms with Crippen molar-refractivity contribution in [3.8, 4) is 5.75 Å². The lowest BCUT2D eigenvalue weighted by Crippen LogP contribution is -2.31.